The highest BCUT2D eigenvalue weighted by Crippen LogP contribution is 2.34. The summed E-state index contributed by atoms with van der Waals surface area (Å²) in [6.07, 6.45) is 0. The topological polar surface area (TPSA) is 111 Å². The van der Waals surface area contributed by atoms with Crippen LogP contribution in [0.2, 0.25) is 10.0 Å². The van der Waals surface area contributed by atoms with Crippen molar-refractivity contribution in [1.82, 2.24) is 5.32 Å². The van der Waals surface area contributed by atoms with Gasteiger partial charge in [-0.1, -0.05) is 35.3 Å². The number of ether oxygens (including phenoxy) is 1. The third-order valence-electron chi connectivity index (χ3n) is 3.82. The maximum absolute atomic E-state index is 12.2. The average Bonchev–Trinajstić information content (AvgIpc) is 2.71. The zero-order chi connectivity index (χ0) is 21.7. The van der Waals surface area contributed by atoms with Crippen molar-refractivity contribution in [2.75, 3.05) is 5.32 Å². The minimum atomic E-state index is -0.809. The Bertz CT molecular complexity index is 1120. The van der Waals surface area contributed by atoms with Crippen molar-refractivity contribution >= 4 is 46.5 Å². The Hall–Kier alpha value is -3.62. The molecule has 30 heavy (non-hydrogen) atoms. The highest BCUT2D eigenvalue weighted by molar-refractivity contribution is 6.35. The number of carbonyl (C=O) groups excluding carboxylic acids is 2. The van der Waals surface area contributed by atoms with E-state index in [0.29, 0.717) is 16.5 Å². The third-order valence-corrected chi connectivity index (χ3v) is 4.35. The molecular formula is C20H13Cl2N3O5. The normalized spacial score (nSPS) is 10.2. The van der Waals surface area contributed by atoms with E-state index >= 15 is 0 Å². The molecule has 0 aliphatic heterocycles. The predicted octanol–water partition coefficient (Wildman–Crippen LogP) is 5.66. The standard InChI is InChI=1S/C20H13Cl2N3O5/c21-13-7-10-17(15(22)11-13)30-18-4-2-1-3-16(18)23-20(27)24-19(26)12-5-8-14(9-6-12)25(28)29/h1-11H,(H2,23,24,26,27). The molecule has 0 fully saturated rings. The van der Waals surface area contributed by atoms with Crippen LogP contribution in [0.1, 0.15) is 10.4 Å². The molecule has 0 aliphatic rings. The van der Waals surface area contributed by atoms with E-state index in [1.54, 1.807) is 36.4 Å². The van der Waals surface area contributed by atoms with Gasteiger partial charge in [0, 0.05) is 22.7 Å². The van der Waals surface area contributed by atoms with Crippen LogP contribution >= 0.6 is 23.2 Å². The first-order valence-electron chi connectivity index (χ1n) is 8.42. The lowest BCUT2D eigenvalue weighted by Crippen LogP contribution is -2.34. The molecule has 3 amide bonds. The molecule has 0 heterocycles. The lowest BCUT2D eigenvalue weighted by atomic mass is 10.2. The van der Waals surface area contributed by atoms with Gasteiger partial charge in [0.15, 0.2) is 5.75 Å². The molecule has 2 N–H and O–H groups in total. The summed E-state index contributed by atoms with van der Waals surface area (Å²) in [5.74, 6) is -0.0983. The van der Waals surface area contributed by atoms with Crippen molar-refractivity contribution in [3.8, 4) is 11.5 Å². The van der Waals surface area contributed by atoms with E-state index in [4.69, 9.17) is 27.9 Å². The Balaban J connectivity index is 1.69. The number of hydrogen-bond donors (Lipinski definition) is 2. The summed E-state index contributed by atoms with van der Waals surface area (Å²) in [6.45, 7) is 0. The summed E-state index contributed by atoms with van der Waals surface area (Å²) in [5, 5.41) is 16.1. The number of hydrogen-bond acceptors (Lipinski definition) is 5. The second kappa shape index (κ2) is 9.25. The Morgan fingerprint density at radius 3 is 2.30 bits per heavy atom. The fourth-order valence-electron chi connectivity index (χ4n) is 2.40. The van der Waals surface area contributed by atoms with Crippen molar-refractivity contribution in [2.24, 2.45) is 0 Å². The highest BCUT2D eigenvalue weighted by atomic mass is 35.5. The van der Waals surface area contributed by atoms with Gasteiger partial charge in [-0.05, 0) is 42.5 Å². The number of nitrogens with zero attached hydrogens (tertiary/aromatic N) is 1. The first kappa shape index (κ1) is 21.1. The summed E-state index contributed by atoms with van der Waals surface area (Å²) < 4.78 is 5.74. The largest absolute Gasteiger partial charge is 0.454 e. The van der Waals surface area contributed by atoms with Crippen LogP contribution in [0.25, 0.3) is 0 Å². The minimum absolute atomic E-state index is 0.0910. The molecule has 0 aliphatic carbocycles. The molecular weight excluding hydrogens is 433 g/mol. The molecule has 0 saturated heterocycles. The summed E-state index contributed by atoms with van der Waals surface area (Å²) in [5.41, 5.74) is 0.216. The maximum Gasteiger partial charge on any atom is 0.326 e. The van der Waals surface area contributed by atoms with Crippen LogP contribution in [-0.4, -0.2) is 16.9 Å². The second-order valence-corrected chi connectivity index (χ2v) is 6.73. The van der Waals surface area contributed by atoms with Gasteiger partial charge in [-0.3, -0.25) is 20.2 Å². The van der Waals surface area contributed by atoms with Crippen LogP contribution in [0.15, 0.2) is 66.7 Å². The van der Waals surface area contributed by atoms with Gasteiger partial charge in [0.1, 0.15) is 5.75 Å². The molecule has 3 aromatic carbocycles. The van der Waals surface area contributed by atoms with E-state index in [0.717, 1.165) is 0 Å². The Morgan fingerprint density at radius 1 is 0.933 bits per heavy atom. The summed E-state index contributed by atoms with van der Waals surface area (Å²) in [6, 6.07) is 15.3. The first-order chi connectivity index (χ1) is 14.3. The van der Waals surface area contributed by atoms with Gasteiger partial charge in [-0.25, -0.2) is 4.79 Å². The van der Waals surface area contributed by atoms with Gasteiger partial charge in [-0.2, -0.15) is 0 Å². The Kier molecular flexibility index (Phi) is 6.51. The number of carbonyl (C=O) groups is 2. The number of amides is 3. The predicted molar refractivity (Wildman–Crippen MR) is 113 cm³/mol. The van der Waals surface area contributed by atoms with Crippen molar-refractivity contribution in [2.45, 2.75) is 0 Å². The molecule has 0 saturated carbocycles. The van der Waals surface area contributed by atoms with Crippen molar-refractivity contribution < 1.29 is 19.2 Å². The molecule has 0 spiro atoms. The number of nitro benzene ring substituents is 1. The SMILES string of the molecule is O=C(NC(=O)c1ccc([N+](=O)[O-])cc1)Nc1ccccc1Oc1ccc(Cl)cc1Cl. The van der Waals surface area contributed by atoms with Crippen LogP contribution in [0.3, 0.4) is 0 Å². The molecule has 0 unspecified atom stereocenters. The number of rotatable bonds is 5. The van der Waals surface area contributed by atoms with Gasteiger partial charge in [0.25, 0.3) is 11.6 Å². The number of urea groups is 1. The summed E-state index contributed by atoms with van der Waals surface area (Å²) in [4.78, 5) is 34.5. The number of anilines is 1. The highest BCUT2D eigenvalue weighted by Gasteiger charge is 2.15. The van der Waals surface area contributed by atoms with E-state index < -0.39 is 16.9 Å². The average molecular weight is 446 g/mol. The summed E-state index contributed by atoms with van der Waals surface area (Å²) in [7, 11) is 0. The fraction of sp³-hybridized carbons (Fsp3) is 0. The molecule has 0 atom stereocenters. The molecule has 0 radical (unpaired) electrons. The van der Waals surface area contributed by atoms with Crippen LogP contribution in [0, 0.1) is 10.1 Å². The van der Waals surface area contributed by atoms with Gasteiger partial charge in [-0.15, -0.1) is 0 Å². The second-order valence-electron chi connectivity index (χ2n) is 5.89. The third kappa shape index (κ3) is 5.25. The van der Waals surface area contributed by atoms with Gasteiger partial charge < -0.3 is 10.1 Å². The number of imide groups is 1. The van der Waals surface area contributed by atoms with Gasteiger partial charge in [0.05, 0.1) is 15.6 Å². The zero-order valence-electron chi connectivity index (χ0n) is 15.1. The van der Waals surface area contributed by atoms with Gasteiger partial charge >= 0.3 is 6.03 Å². The monoisotopic (exact) mass is 445 g/mol. The molecule has 152 valence electrons. The molecule has 10 heteroatoms. The maximum atomic E-state index is 12.2. The molecule has 0 aromatic heterocycles. The first-order valence-corrected chi connectivity index (χ1v) is 9.18. The lowest BCUT2D eigenvalue weighted by Gasteiger charge is -2.13. The summed E-state index contributed by atoms with van der Waals surface area (Å²) >= 11 is 12.0. The molecule has 3 aromatic rings. The van der Waals surface area contributed by atoms with E-state index in [1.165, 1.54) is 30.3 Å². The van der Waals surface area contributed by atoms with E-state index in [1.807, 2.05) is 0 Å². The van der Waals surface area contributed by atoms with Crippen molar-refractivity contribution in [3.05, 3.63) is 92.5 Å². The van der Waals surface area contributed by atoms with Crippen molar-refractivity contribution in [1.29, 1.82) is 0 Å². The van der Waals surface area contributed by atoms with Crippen LogP contribution in [0.4, 0.5) is 16.2 Å². The molecule has 0 bridgehead atoms. The van der Waals surface area contributed by atoms with Crippen LogP contribution < -0.4 is 15.4 Å². The van der Waals surface area contributed by atoms with Crippen molar-refractivity contribution in [3.63, 3.8) is 0 Å². The Morgan fingerprint density at radius 2 is 1.63 bits per heavy atom. The van der Waals surface area contributed by atoms with Crippen LogP contribution in [0.5, 0.6) is 11.5 Å². The number of para-hydroxylation sites is 2. The smallest absolute Gasteiger partial charge is 0.326 e. The number of nitro groups is 1. The lowest BCUT2D eigenvalue weighted by molar-refractivity contribution is -0.384. The van der Waals surface area contributed by atoms with E-state index in [-0.39, 0.29) is 22.0 Å². The minimum Gasteiger partial charge on any atom is -0.454 e. The number of benzene rings is 3. The number of halogens is 2. The quantitative estimate of drug-likeness (QED) is 0.388. The molecule has 3 rings (SSSR count). The fourth-order valence-corrected chi connectivity index (χ4v) is 2.85. The number of nitrogens with one attached hydrogen (secondary N) is 2. The number of non-ortho nitro benzene ring substituents is 1. The zero-order valence-corrected chi connectivity index (χ0v) is 16.6. The van der Waals surface area contributed by atoms with Crippen LogP contribution in [-0.2, 0) is 0 Å². The Labute approximate surface area is 180 Å². The van der Waals surface area contributed by atoms with E-state index in [2.05, 4.69) is 10.6 Å². The van der Waals surface area contributed by atoms with E-state index in [9.17, 15) is 19.7 Å². The molecule has 8 nitrogen and oxygen atoms in total. The van der Waals surface area contributed by atoms with Gasteiger partial charge in [0.2, 0.25) is 0 Å².